The summed E-state index contributed by atoms with van der Waals surface area (Å²) < 4.78 is 14.3. The van der Waals surface area contributed by atoms with Gasteiger partial charge in [0.1, 0.15) is 6.23 Å². The van der Waals surface area contributed by atoms with Crippen LogP contribution in [0.5, 0.6) is 0 Å². The van der Waals surface area contributed by atoms with Gasteiger partial charge in [0, 0.05) is 6.04 Å². The summed E-state index contributed by atoms with van der Waals surface area (Å²) in [4.78, 5) is 26.6. The molecule has 8 nitrogen and oxygen atoms in total. The van der Waals surface area contributed by atoms with E-state index < -0.39 is 20.1 Å². The summed E-state index contributed by atoms with van der Waals surface area (Å²) >= 11 is 0. The quantitative estimate of drug-likeness (QED) is 0.371. The Kier molecular flexibility index (Phi) is 10.5. The first-order valence-corrected chi connectivity index (χ1v) is 9.12. The Labute approximate surface area is 142 Å². The maximum atomic E-state index is 10.2. The lowest BCUT2D eigenvalue weighted by molar-refractivity contribution is 0.100. The number of nitrogens with two attached hydrogens (primary N) is 1. The van der Waals surface area contributed by atoms with Gasteiger partial charge in [0.2, 0.25) is 0 Å². The third-order valence-electron chi connectivity index (χ3n) is 2.87. The molecule has 1 aromatic rings. The van der Waals surface area contributed by atoms with Crippen molar-refractivity contribution in [3.63, 3.8) is 0 Å². The van der Waals surface area contributed by atoms with E-state index >= 15 is 0 Å². The van der Waals surface area contributed by atoms with E-state index in [1.165, 1.54) is 12.5 Å². The molecule has 0 aliphatic carbocycles. The average Bonchev–Trinajstić information content (AvgIpc) is 2.45. The van der Waals surface area contributed by atoms with E-state index in [4.69, 9.17) is 20.6 Å². The smallest absolute Gasteiger partial charge is 0.465 e. The van der Waals surface area contributed by atoms with E-state index in [2.05, 4.69) is 30.5 Å². The molecule has 0 aliphatic heterocycles. The van der Waals surface area contributed by atoms with Crippen LogP contribution in [0.3, 0.4) is 0 Å². The largest absolute Gasteiger partial charge is 0.471 e. The number of phosphoric acid groups is 1. The van der Waals surface area contributed by atoms with Gasteiger partial charge >= 0.3 is 13.9 Å². The molecule has 0 radical (unpaired) electrons. The van der Waals surface area contributed by atoms with Crippen LogP contribution in [0, 0.1) is 5.92 Å². The first kappa shape index (κ1) is 22.6. The molecule has 0 heterocycles. The van der Waals surface area contributed by atoms with Crippen LogP contribution in [0.4, 0.5) is 4.79 Å². The third-order valence-corrected chi connectivity index (χ3v) is 3.40. The van der Waals surface area contributed by atoms with Crippen molar-refractivity contribution < 1.29 is 28.8 Å². The predicted molar refractivity (Wildman–Crippen MR) is 91.2 cm³/mol. The summed E-state index contributed by atoms with van der Waals surface area (Å²) in [6.07, 6.45) is -1.37. The van der Waals surface area contributed by atoms with Gasteiger partial charge in [0.25, 0.3) is 0 Å². The molecule has 0 spiro atoms. The van der Waals surface area contributed by atoms with E-state index in [1.54, 1.807) is 5.32 Å². The van der Waals surface area contributed by atoms with E-state index in [0.717, 1.165) is 6.42 Å². The van der Waals surface area contributed by atoms with Crippen LogP contribution in [-0.2, 0) is 9.09 Å². The Balaban J connectivity index is 0.000000441. The summed E-state index contributed by atoms with van der Waals surface area (Å²) in [7, 11) is -4.62. The molecule has 24 heavy (non-hydrogen) atoms. The van der Waals surface area contributed by atoms with Crippen LogP contribution >= 0.6 is 7.82 Å². The molecule has 0 aliphatic rings. The predicted octanol–water partition coefficient (Wildman–Crippen LogP) is 2.83. The Bertz CT molecular complexity index is 520. The highest BCUT2D eigenvalue weighted by atomic mass is 31.2. The fourth-order valence-electron chi connectivity index (χ4n) is 1.85. The number of hydrogen-bond acceptors (Lipinski definition) is 4. The van der Waals surface area contributed by atoms with Gasteiger partial charge in [-0.3, -0.25) is 9.84 Å². The summed E-state index contributed by atoms with van der Waals surface area (Å²) in [6.45, 7) is 5.92. The second-order valence-electron chi connectivity index (χ2n) is 5.59. The van der Waals surface area contributed by atoms with Crippen molar-refractivity contribution in [1.29, 1.82) is 0 Å². The van der Waals surface area contributed by atoms with Gasteiger partial charge in [0.15, 0.2) is 0 Å². The lowest BCUT2D eigenvalue weighted by Crippen LogP contribution is -2.34. The molecule has 1 amide bonds. The number of phosphoric ester groups is 1. The minimum Gasteiger partial charge on any atom is -0.465 e. The molecule has 0 aromatic heterocycles. The fourth-order valence-corrected chi connectivity index (χ4v) is 2.38. The summed E-state index contributed by atoms with van der Waals surface area (Å²) in [6, 6.07) is 10.5. The molecule has 1 rings (SSSR count). The molecule has 6 N–H and O–H groups in total. The van der Waals surface area contributed by atoms with Gasteiger partial charge in [-0.25, -0.2) is 9.36 Å². The topological polar surface area (TPSA) is 142 Å². The Morgan fingerprint density at radius 2 is 1.83 bits per heavy atom. The molecule has 9 heteroatoms. The van der Waals surface area contributed by atoms with Crippen molar-refractivity contribution in [1.82, 2.24) is 5.32 Å². The maximum Gasteiger partial charge on any atom is 0.471 e. The summed E-state index contributed by atoms with van der Waals surface area (Å²) in [5.41, 5.74) is 7.24. The van der Waals surface area contributed by atoms with Crippen molar-refractivity contribution in [3.05, 3.63) is 35.9 Å². The highest BCUT2D eigenvalue weighted by Crippen LogP contribution is 2.37. The Hall–Kier alpha value is -1.44. The lowest BCUT2D eigenvalue weighted by atomic mass is 9.98. The molecule has 0 saturated heterocycles. The van der Waals surface area contributed by atoms with Crippen molar-refractivity contribution >= 4 is 13.9 Å². The number of carboxylic acid groups (broad SMARTS) is 1. The Morgan fingerprint density at radius 1 is 1.29 bits per heavy atom. The number of nitrogens with one attached hydrogen (secondary N) is 1. The van der Waals surface area contributed by atoms with Crippen molar-refractivity contribution in [3.8, 4) is 0 Å². The Morgan fingerprint density at radius 3 is 2.21 bits per heavy atom. The molecule has 1 aromatic carbocycles. The van der Waals surface area contributed by atoms with Gasteiger partial charge in [-0.1, -0.05) is 51.1 Å². The normalized spacial score (nSPS) is 13.6. The van der Waals surface area contributed by atoms with Crippen LogP contribution in [0.1, 0.15) is 45.2 Å². The van der Waals surface area contributed by atoms with Crippen molar-refractivity contribution in [2.75, 3.05) is 0 Å². The van der Waals surface area contributed by atoms with Crippen molar-refractivity contribution in [2.24, 2.45) is 11.7 Å². The monoisotopic (exact) mass is 362 g/mol. The molecule has 2 atom stereocenters. The molecule has 0 saturated carbocycles. The molecular weight excluding hydrogens is 335 g/mol. The van der Waals surface area contributed by atoms with Gasteiger partial charge in [-0.15, -0.1) is 0 Å². The van der Waals surface area contributed by atoms with Gasteiger partial charge in [-0.2, -0.15) is 0 Å². The number of carbonyl (C=O) groups is 1. The van der Waals surface area contributed by atoms with Crippen molar-refractivity contribution in [2.45, 2.75) is 45.9 Å². The SMILES string of the molecule is CC(C)CC(N)c1ccccc1.CCC(NC(=O)O)OP(=O)(O)O. The second kappa shape index (κ2) is 11.2. The molecule has 0 fully saturated rings. The average molecular weight is 362 g/mol. The number of benzene rings is 1. The molecule has 0 bridgehead atoms. The minimum absolute atomic E-state index is 0.136. The first-order valence-electron chi connectivity index (χ1n) is 7.59. The highest BCUT2D eigenvalue weighted by Gasteiger charge is 2.21. The molecular formula is C15H27N2O6P. The number of hydrogen-bond donors (Lipinski definition) is 5. The zero-order valence-electron chi connectivity index (χ0n) is 14.1. The summed E-state index contributed by atoms with van der Waals surface area (Å²) in [5.74, 6) is 0.667. The van der Waals surface area contributed by atoms with E-state index in [1.807, 2.05) is 18.2 Å². The first-order chi connectivity index (χ1) is 11.0. The summed E-state index contributed by atoms with van der Waals surface area (Å²) in [5, 5.41) is 9.96. The van der Waals surface area contributed by atoms with E-state index in [-0.39, 0.29) is 12.5 Å². The highest BCUT2D eigenvalue weighted by molar-refractivity contribution is 7.46. The fraction of sp³-hybridized carbons (Fsp3) is 0.533. The van der Waals surface area contributed by atoms with Crippen LogP contribution < -0.4 is 11.1 Å². The lowest BCUT2D eigenvalue weighted by Gasteiger charge is -2.15. The van der Waals surface area contributed by atoms with Crippen LogP contribution in [0.25, 0.3) is 0 Å². The van der Waals surface area contributed by atoms with E-state index in [9.17, 15) is 9.36 Å². The van der Waals surface area contributed by atoms with Crippen LogP contribution in [0.2, 0.25) is 0 Å². The third kappa shape index (κ3) is 12.0. The molecule has 2 unspecified atom stereocenters. The van der Waals surface area contributed by atoms with E-state index in [0.29, 0.717) is 5.92 Å². The zero-order chi connectivity index (χ0) is 18.8. The minimum atomic E-state index is -4.62. The maximum absolute atomic E-state index is 10.2. The van der Waals surface area contributed by atoms with Gasteiger partial charge in [0.05, 0.1) is 0 Å². The van der Waals surface area contributed by atoms with Gasteiger partial charge in [-0.05, 0) is 24.3 Å². The second-order valence-corrected chi connectivity index (χ2v) is 6.78. The number of rotatable bonds is 7. The molecule has 138 valence electrons. The zero-order valence-corrected chi connectivity index (χ0v) is 15.0. The van der Waals surface area contributed by atoms with Crippen LogP contribution in [-0.4, -0.2) is 27.2 Å². The standard InChI is InChI=1S/C11H17N.C4H10NO6P/c1-9(2)8-11(12)10-6-4-3-5-7-10;1-2-3(5-4(6)7)11-12(8,9)10/h3-7,9,11H,8,12H2,1-2H3;3,5H,2H2,1H3,(H,6,7)(H2,8,9,10). The van der Waals surface area contributed by atoms with Crippen LogP contribution in [0.15, 0.2) is 30.3 Å². The number of amides is 1. The van der Waals surface area contributed by atoms with Gasteiger partial charge < -0.3 is 20.6 Å².